The van der Waals surface area contributed by atoms with Gasteiger partial charge in [0.25, 0.3) is 0 Å². The zero-order valence-corrected chi connectivity index (χ0v) is 11.7. The van der Waals surface area contributed by atoms with Crippen LogP contribution in [0.3, 0.4) is 0 Å². The highest BCUT2D eigenvalue weighted by atomic mass is 35.5. The second-order valence-electron chi connectivity index (χ2n) is 2.60. The van der Waals surface area contributed by atoms with E-state index in [0.29, 0.717) is 0 Å². The summed E-state index contributed by atoms with van der Waals surface area (Å²) in [5.41, 5.74) is 0. The molecule has 2 unspecified atom stereocenters. The average molecular weight is 333 g/mol. The topological polar surface area (TPSA) is 18.5 Å². The van der Waals surface area contributed by atoms with E-state index in [1.807, 2.05) is 0 Å². The van der Waals surface area contributed by atoms with Crippen LogP contribution in [-0.4, -0.2) is 18.3 Å². The zero-order valence-electron chi connectivity index (χ0n) is 7.16. The van der Waals surface area contributed by atoms with Crippen LogP contribution < -0.4 is 0 Å². The molecular formula is C7H4Cl6O2. The molecule has 0 saturated carbocycles. The highest BCUT2D eigenvalue weighted by molar-refractivity contribution is 6.53. The fraction of sp³-hybridized carbons (Fsp3) is 0.429. The molecule has 86 valence electrons. The predicted molar refractivity (Wildman–Crippen MR) is 63.8 cm³/mol. The van der Waals surface area contributed by atoms with Gasteiger partial charge in [-0.2, -0.15) is 0 Å². The number of hydrogen-bond acceptors (Lipinski definition) is 2. The summed E-state index contributed by atoms with van der Waals surface area (Å²) >= 11 is 34.6. The molecule has 1 aliphatic carbocycles. The monoisotopic (exact) mass is 330 g/mol. The molecule has 2 atom stereocenters. The minimum Gasteiger partial charge on any atom is -0.346 e. The van der Waals surface area contributed by atoms with Gasteiger partial charge in [-0.15, -0.1) is 11.6 Å². The number of methoxy groups -OCH3 is 1. The molecule has 0 saturated heterocycles. The zero-order chi connectivity index (χ0) is 11.8. The first kappa shape index (κ1) is 14.2. The third kappa shape index (κ3) is 2.12. The molecule has 8 heteroatoms. The molecule has 0 spiro atoms. The molecule has 0 aliphatic heterocycles. The van der Waals surface area contributed by atoms with Crippen molar-refractivity contribution in [2.45, 2.75) is 11.2 Å². The Labute approximate surface area is 117 Å². The summed E-state index contributed by atoms with van der Waals surface area (Å²) in [4.78, 5) is 0. The van der Waals surface area contributed by atoms with E-state index in [-0.39, 0.29) is 20.1 Å². The fourth-order valence-electron chi connectivity index (χ4n) is 1.04. The van der Waals surface area contributed by atoms with E-state index in [4.69, 9.17) is 74.6 Å². The third-order valence-electron chi connectivity index (χ3n) is 1.88. The van der Waals surface area contributed by atoms with Crippen molar-refractivity contribution in [3.05, 3.63) is 20.1 Å². The van der Waals surface area contributed by atoms with Crippen molar-refractivity contribution >= 4 is 69.9 Å². The summed E-state index contributed by atoms with van der Waals surface area (Å²) in [6.45, 7) is 0. The molecule has 0 aromatic carbocycles. The normalized spacial score (nSPS) is 32.6. The Bertz CT molecular complexity index is 332. The van der Waals surface area contributed by atoms with Gasteiger partial charge in [0.05, 0.1) is 27.0 Å². The summed E-state index contributed by atoms with van der Waals surface area (Å²) in [6, 6.07) is 0. The Hall–Kier alpha value is 1.14. The molecule has 0 aromatic rings. The summed E-state index contributed by atoms with van der Waals surface area (Å²) in [6.07, 6.45) is 0. The molecule has 0 N–H and O–H groups in total. The van der Waals surface area contributed by atoms with E-state index < -0.39 is 11.2 Å². The van der Waals surface area contributed by atoms with Crippen molar-refractivity contribution < 1.29 is 9.03 Å². The van der Waals surface area contributed by atoms with Gasteiger partial charge in [-0.25, -0.2) is 4.29 Å². The minimum atomic E-state index is -1.63. The molecule has 0 fully saturated rings. The second kappa shape index (κ2) is 5.19. The fourth-order valence-corrected chi connectivity index (χ4v) is 2.91. The van der Waals surface area contributed by atoms with Gasteiger partial charge >= 0.3 is 0 Å². The quantitative estimate of drug-likeness (QED) is 0.547. The first-order valence-corrected chi connectivity index (χ1v) is 5.78. The highest BCUT2D eigenvalue weighted by Gasteiger charge is 2.50. The Morgan fingerprint density at radius 1 is 1.13 bits per heavy atom. The van der Waals surface area contributed by atoms with E-state index in [1.54, 1.807) is 0 Å². The highest BCUT2D eigenvalue weighted by Crippen LogP contribution is 2.49. The van der Waals surface area contributed by atoms with Gasteiger partial charge in [0.2, 0.25) is 5.79 Å². The van der Waals surface area contributed by atoms with Crippen LogP contribution in [0.2, 0.25) is 0 Å². The van der Waals surface area contributed by atoms with Gasteiger partial charge in [-0.1, -0.05) is 46.4 Å². The Morgan fingerprint density at radius 3 is 2.07 bits per heavy atom. The number of hydrogen-bond donors (Lipinski definition) is 0. The van der Waals surface area contributed by atoms with Crippen LogP contribution in [0.4, 0.5) is 0 Å². The first-order valence-electron chi connectivity index (χ1n) is 3.52. The smallest absolute Gasteiger partial charge is 0.247 e. The van der Waals surface area contributed by atoms with Gasteiger partial charge in [0.15, 0.2) is 0 Å². The van der Waals surface area contributed by atoms with Crippen molar-refractivity contribution in [2.24, 2.45) is 0 Å². The van der Waals surface area contributed by atoms with Crippen molar-refractivity contribution in [2.75, 3.05) is 7.11 Å². The number of alkyl halides is 1. The van der Waals surface area contributed by atoms with Crippen molar-refractivity contribution in [1.29, 1.82) is 0 Å². The van der Waals surface area contributed by atoms with Gasteiger partial charge in [0.1, 0.15) is 10.4 Å². The number of ether oxygens (including phenoxy) is 1. The molecule has 1 aliphatic rings. The van der Waals surface area contributed by atoms with E-state index in [2.05, 4.69) is 4.29 Å². The molecule has 15 heavy (non-hydrogen) atoms. The predicted octanol–water partition coefficient (Wildman–Crippen LogP) is 4.50. The number of allylic oxidation sites excluding steroid dienone is 2. The van der Waals surface area contributed by atoms with Crippen molar-refractivity contribution in [1.82, 2.24) is 0 Å². The molecular weight excluding hydrogens is 329 g/mol. The maximum atomic E-state index is 5.96. The summed E-state index contributed by atoms with van der Waals surface area (Å²) < 4.78 is 9.61. The van der Waals surface area contributed by atoms with Crippen LogP contribution >= 0.6 is 69.9 Å². The van der Waals surface area contributed by atoms with E-state index in [9.17, 15) is 0 Å². The largest absolute Gasteiger partial charge is 0.346 e. The van der Waals surface area contributed by atoms with Crippen molar-refractivity contribution in [3.8, 4) is 0 Å². The molecule has 0 heterocycles. The third-order valence-corrected chi connectivity index (χ3v) is 4.64. The van der Waals surface area contributed by atoms with Crippen LogP contribution in [0.25, 0.3) is 0 Å². The van der Waals surface area contributed by atoms with Gasteiger partial charge in [-0.3, -0.25) is 0 Å². The lowest BCUT2D eigenvalue weighted by atomic mass is 10.1. The standard InChI is InChI=1S/C7H4Cl6O2/c1-14-7(15-13)5(11)3(9)2(8)4(10)6(7)12/h5H,1H3. The maximum absolute atomic E-state index is 5.96. The van der Waals surface area contributed by atoms with Crippen LogP contribution in [0, 0.1) is 0 Å². The average Bonchev–Trinajstić information content (AvgIpc) is 2.26. The second-order valence-corrected chi connectivity index (χ2v) is 4.73. The van der Waals surface area contributed by atoms with Crippen molar-refractivity contribution in [3.63, 3.8) is 0 Å². The lowest BCUT2D eigenvalue weighted by molar-refractivity contribution is -0.120. The molecule has 0 aromatic heterocycles. The van der Waals surface area contributed by atoms with Crippen LogP contribution in [0.1, 0.15) is 0 Å². The van der Waals surface area contributed by atoms with E-state index in [0.717, 1.165) is 0 Å². The number of halogens is 6. The van der Waals surface area contributed by atoms with Crippen LogP contribution in [0.15, 0.2) is 20.1 Å². The summed E-state index contributed by atoms with van der Waals surface area (Å²) in [5, 5.41) is -0.956. The van der Waals surface area contributed by atoms with E-state index >= 15 is 0 Å². The molecule has 0 radical (unpaired) electrons. The van der Waals surface area contributed by atoms with Gasteiger partial charge in [-0.05, 0) is 0 Å². The minimum absolute atomic E-state index is 0.0114. The van der Waals surface area contributed by atoms with Crippen LogP contribution in [0.5, 0.6) is 0 Å². The molecule has 1 rings (SSSR count). The summed E-state index contributed by atoms with van der Waals surface area (Å²) in [5.74, 6) is -1.63. The SMILES string of the molecule is COC1(OCl)C(Cl)=C(Cl)C(Cl)=C(Cl)C1Cl. The lowest BCUT2D eigenvalue weighted by Crippen LogP contribution is -2.45. The molecule has 0 amide bonds. The first-order chi connectivity index (χ1) is 6.92. The number of rotatable bonds is 2. The molecule has 0 bridgehead atoms. The van der Waals surface area contributed by atoms with Gasteiger partial charge in [0, 0.05) is 7.11 Å². The Kier molecular flexibility index (Phi) is 4.92. The van der Waals surface area contributed by atoms with Crippen LogP contribution in [-0.2, 0) is 9.03 Å². The molecule has 2 nitrogen and oxygen atoms in total. The van der Waals surface area contributed by atoms with Gasteiger partial charge < -0.3 is 4.74 Å². The Morgan fingerprint density at radius 2 is 1.67 bits per heavy atom. The summed E-state index contributed by atoms with van der Waals surface area (Å²) in [7, 11) is 1.30. The maximum Gasteiger partial charge on any atom is 0.247 e. The lowest BCUT2D eigenvalue weighted by Gasteiger charge is -2.35. The Balaban J connectivity index is 3.37. The van der Waals surface area contributed by atoms with E-state index in [1.165, 1.54) is 7.11 Å².